The summed E-state index contributed by atoms with van der Waals surface area (Å²) in [5.41, 5.74) is 4.18. The molecule has 96 valence electrons. The van der Waals surface area contributed by atoms with Crippen LogP contribution < -0.4 is 4.90 Å². The molecular formula is C14H14N4O. The Kier molecular flexibility index (Phi) is 2.15. The number of hydrogen-bond donors (Lipinski definition) is 0. The van der Waals surface area contributed by atoms with Gasteiger partial charge in [0.1, 0.15) is 5.52 Å². The van der Waals surface area contributed by atoms with Gasteiger partial charge in [-0.3, -0.25) is 0 Å². The van der Waals surface area contributed by atoms with Gasteiger partial charge in [-0.05, 0) is 12.1 Å². The summed E-state index contributed by atoms with van der Waals surface area (Å²) in [6, 6.07) is 8.55. The second kappa shape index (κ2) is 3.85. The van der Waals surface area contributed by atoms with E-state index in [9.17, 15) is 0 Å². The van der Waals surface area contributed by atoms with E-state index in [1.807, 2.05) is 37.6 Å². The second-order valence-corrected chi connectivity index (χ2v) is 4.88. The number of anilines is 1. The lowest BCUT2D eigenvalue weighted by molar-refractivity contribution is 0.547. The lowest BCUT2D eigenvalue weighted by Crippen LogP contribution is -2.31. The molecule has 0 spiro atoms. The fourth-order valence-electron chi connectivity index (χ4n) is 2.62. The monoisotopic (exact) mass is 254 g/mol. The fraction of sp³-hybridized carbons (Fsp3) is 0.286. The summed E-state index contributed by atoms with van der Waals surface area (Å²) >= 11 is 0. The van der Waals surface area contributed by atoms with E-state index >= 15 is 0 Å². The summed E-state index contributed by atoms with van der Waals surface area (Å²) in [6.07, 6.45) is 2.85. The minimum atomic E-state index is 0.692. The highest BCUT2D eigenvalue weighted by Crippen LogP contribution is 2.26. The standard InChI is InChI=1S/C14H14N4O/c1-17-9-15-11-8-18(7-6-12(11)17)14-16-10-4-2-3-5-13(10)19-14/h2-5,9H,6-8H2,1H3. The van der Waals surface area contributed by atoms with Crippen LogP contribution in [0.15, 0.2) is 35.0 Å². The Morgan fingerprint density at radius 1 is 1.26 bits per heavy atom. The quantitative estimate of drug-likeness (QED) is 0.667. The molecule has 0 atom stereocenters. The molecule has 0 saturated heterocycles. The molecule has 0 bridgehead atoms. The zero-order valence-corrected chi connectivity index (χ0v) is 10.7. The van der Waals surface area contributed by atoms with Crippen molar-refractivity contribution in [3.8, 4) is 0 Å². The van der Waals surface area contributed by atoms with Crippen molar-refractivity contribution in [2.45, 2.75) is 13.0 Å². The van der Waals surface area contributed by atoms with Gasteiger partial charge >= 0.3 is 0 Å². The van der Waals surface area contributed by atoms with Crippen LogP contribution in [0, 0.1) is 0 Å². The second-order valence-electron chi connectivity index (χ2n) is 4.88. The zero-order valence-electron chi connectivity index (χ0n) is 10.7. The molecule has 0 aliphatic carbocycles. The molecule has 2 aromatic heterocycles. The van der Waals surface area contributed by atoms with Gasteiger partial charge in [0, 0.05) is 25.7 Å². The molecule has 19 heavy (non-hydrogen) atoms. The molecule has 5 nitrogen and oxygen atoms in total. The SMILES string of the molecule is Cn1cnc2c1CCN(c1nc3ccccc3o1)C2. The van der Waals surface area contributed by atoms with Crippen LogP contribution in [0.25, 0.3) is 11.1 Å². The molecule has 1 aromatic carbocycles. The lowest BCUT2D eigenvalue weighted by atomic mass is 10.1. The molecule has 4 rings (SSSR count). The van der Waals surface area contributed by atoms with Gasteiger partial charge in [0.25, 0.3) is 6.01 Å². The van der Waals surface area contributed by atoms with Crippen LogP contribution in [-0.2, 0) is 20.0 Å². The highest BCUT2D eigenvalue weighted by Gasteiger charge is 2.23. The van der Waals surface area contributed by atoms with Crippen LogP contribution >= 0.6 is 0 Å². The molecule has 3 aromatic rings. The maximum absolute atomic E-state index is 5.81. The number of aromatic nitrogens is 3. The van der Waals surface area contributed by atoms with Crippen molar-refractivity contribution in [3.05, 3.63) is 42.0 Å². The molecule has 0 radical (unpaired) electrons. The average molecular weight is 254 g/mol. The number of rotatable bonds is 1. The molecule has 0 N–H and O–H groups in total. The minimum absolute atomic E-state index is 0.692. The first-order chi connectivity index (χ1) is 9.31. The van der Waals surface area contributed by atoms with Gasteiger partial charge < -0.3 is 13.9 Å². The van der Waals surface area contributed by atoms with E-state index in [0.717, 1.165) is 36.3 Å². The van der Waals surface area contributed by atoms with Crippen LogP contribution in [0.5, 0.6) is 0 Å². The minimum Gasteiger partial charge on any atom is -0.423 e. The Morgan fingerprint density at radius 2 is 2.16 bits per heavy atom. The molecule has 0 amide bonds. The predicted molar refractivity (Wildman–Crippen MR) is 72.0 cm³/mol. The van der Waals surface area contributed by atoms with Crippen LogP contribution in [0.4, 0.5) is 6.01 Å². The molecule has 0 unspecified atom stereocenters. The van der Waals surface area contributed by atoms with Crippen LogP contribution in [-0.4, -0.2) is 21.1 Å². The van der Waals surface area contributed by atoms with E-state index < -0.39 is 0 Å². The Bertz CT molecular complexity index is 710. The van der Waals surface area contributed by atoms with E-state index in [1.165, 1.54) is 5.69 Å². The van der Waals surface area contributed by atoms with Gasteiger partial charge in [-0.1, -0.05) is 12.1 Å². The van der Waals surface area contributed by atoms with Crippen molar-refractivity contribution < 1.29 is 4.42 Å². The van der Waals surface area contributed by atoms with Crippen molar-refractivity contribution in [3.63, 3.8) is 0 Å². The summed E-state index contributed by atoms with van der Waals surface area (Å²) < 4.78 is 7.91. The van der Waals surface area contributed by atoms with Gasteiger partial charge in [-0.2, -0.15) is 4.98 Å². The summed E-state index contributed by atoms with van der Waals surface area (Å²) in [4.78, 5) is 11.1. The molecule has 3 heterocycles. The van der Waals surface area contributed by atoms with Gasteiger partial charge in [0.2, 0.25) is 0 Å². The van der Waals surface area contributed by atoms with Crippen LogP contribution in [0.3, 0.4) is 0 Å². The third-order valence-electron chi connectivity index (χ3n) is 3.66. The number of para-hydroxylation sites is 2. The van der Waals surface area contributed by atoms with Gasteiger partial charge in [0.15, 0.2) is 5.58 Å². The van der Waals surface area contributed by atoms with Gasteiger partial charge in [-0.15, -0.1) is 0 Å². The molecule has 5 heteroatoms. The van der Waals surface area contributed by atoms with Gasteiger partial charge in [-0.25, -0.2) is 4.98 Å². The van der Waals surface area contributed by atoms with Crippen LogP contribution in [0.1, 0.15) is 11.4 Å². The Morgan fingerprint density at radius 3 is 3.05 bits per heavy atom. The summed E-state index contributed by atoms with van der Waals surface area (Å²) in [7, 11) is 2.04. The maximum Gasteiger partial charge on any atom is 0.298 e. The van der Waals surface area contributed by atoms with E-state index in [-0.39, 0.29) is 0 Å². The highest BCUT2D eigenvalue weighted by atomic mass is 16.4. The van der Waals surface area contributed by atoms with Crippen molar-refractivity contribution in [2.24, 2.45) is 7.05 Å². The largest absolute Gasteiger partial charge is 0.423 e. The van der Waals surface area contributed by atoms with E-state index in [0.29, 0.717) is 6.01 Å². The van der Waals surface area contributed by atoms with Crippen molar-refractivity contribution in [1.29, 1.82) is 0 Å². The lowest BCUT2D eigenvalue weighted by Gasteiger charge is -2.24. The normalized spacial score (nSPS) is 14.9. The average Bonchev–Trinajstić information content (AvgIpc) is 3.02. The number of nitrogens with zero attached hydrogens (tertiary/aromatic N) is 4. The topological polar surface area (TPSA) is 47.1 Å². The molecule has 0 saturated carbocycles. The third kappa shape index (κ3) is 1.62. The Hall–Kier alpha value is -2.30. The highest BCUT2D eigenvalue weighted by molar-refractivity contribution is 5.74. The third-order valence-corrected chi connectivity index (χ3v) is 3.66. The van der Waals surface area contributed by atoms with Gasteiger partial charge in [0.05, 0.1) is 18.6 Å². The van der Waals surface area contributed by atoms with E-state index in [4.69, 9.17) is 4.42 Å². The number of aryl methyl sites for hydroxylation is 1. The Labute approximate surface area is 110 Å². The summed E-state index contributed by atoms with van der Waals surface area (Å²) in [5, 5.41) is 0. The fourth-order valence-corrected chi connectivity index (χ4v) is 2.62. The predicted octanol–water partition coefficient (Wildman–Crippen LogP) is 2.12. The zero-order chi connectivity index (χ0) is 12.8. The summed E-state index contributed by atoms with van der Waals surface area (Å²) in [5.74, 6) is 0. The number of hydrogen-bond acceptors (Lipinski definition) is 4. The molecule has 1 aliphatic rings. The Balaban J connectivity index is 1.70. The number of benzene rings is 1. The maximum atomic E-state index is 5.81. The molecule has 0 fully saturated rings. The molecular weight excluding hydrogens is 240 g/mol. The smallest absolute Gasteiger partial charge is 0.298 e. The number of imidazole rings is 1. The van der Waals surface area contributed by atoms with Crippen molar-refractivity contribution in [1.82, 2.24) is 14.5 Å². The summed E-state index contributed by atoms with van der Waals surface area (Å²) in [6.45, 7) is 1.68. The van der Waals surface area contributed by atoms with Crippen molar-refractivity contribution >= 4 is 17.1 Å². The van der Waals surface area contributed by atoms with E-state index in [2.05, 4.69) is 19.4 Å². The first kappa shape index (κ1) is 10.6. The van der Waals surface area contributed by atoms with Crippen molar-refractivity contribution in [2.75, 3.05) is 11.4 Å². The van der Waals surface area contributed by atoms with Crippen LogP contribution in [0.2, 0.25) is 0 Å². The van der Waals surface area contributed by atoms with E-state index in [1.54, 1.807) is 0 Å². The first-order valence-electron chi connectivity index (χ1n) is 6.41. The number of oxazole rings is 1. The molecule has 1 aliphatic heterocycles. The first-order valence-corrected chi connectivity index (χ1v) is 6.41. The number of fused-ring (bicyclic) bond motifs is 2.